The third kappa shape index (κ3) is 5.33. The number of nitrogens with zero attached hydrogens (tertiary/aromatic N) is 2. The normalized spacial score (nSPS) is 19.9. The van der Waals surface area contributed by atoms with Crippen molar-refractivity contribution in [1.82, 2.24) is 15.2 Å². The fourth-order valence-corrected chi connectivity index (χ4v) is 4.20. The minimum atomic E-state index is -0.629. The van der Waals surface area contributed by atoms with Crippen LogP contribution in [0.5, 0.6) is 0 Å². The average molecular weight is 449 g/mol. The van der Waals surface area contributed by atoms with Crippen LogP contribution in [0, 0.1) is 17.2 Å². The Bertz CT molecular complexity index is 1220. The van der Waals surface area contributed by atoms with E-state index in [-0.39, 0.29) is 11.8 Å². The van der Waals surface area contributed by atoms with Gasteiger partial charge in [0.25, 0.3) is 0 Å². The van der Waals surface area contributed by atoms with Crippen LogP contribution in [0.3, 0.4) is 0 Å². The summed E-state index contributed by atoms with van der Waals surface area (Å²) in [7, 11) is 1.67. The Hall–Kier alpha value is -3.41. The second-order valence-electron chi connectivity index (χ2n) is 8.62. The molecule has 3 aromatic rings. The molecule has 2 heterocycles. The van der Waals surface area contributed by atoms with Crippen molar-refractivity contribution in [2.24, 2.45) is 13.0 Å². The van der Waals surface area contributed by atoms with Gasteiger partial charge in [-0.15, -0.1) is 0 Å². The first-order valence-electron chi connectivity index (χ1n) is 11.2. The van der Waals surface area contributed by atoms with Crippen molar-refractivity contribution in [1.29, 1.82) is 5.26 Å². The number of oxazole rings is 1. The predicted molar refractivity (Wildman–Crippen MR) is 124 cm³/mol. The Morgan fingerprint density at radius 1 is 1.24 bits per heavy atom. The van der Waals surface area contributed by atoms with Gasteiger partial charge in [0.05, 0.1) is 23.6 Å². The standard InChI is InChI=1S/C25H28N4O4/c1-29-22-13-18(7-9-23(22)33-25(29)32)17-4-2-16(3-5-17)12-20(14-26)28-24(31)19-6-8-21(30)10-11-27-15-19/h2-5,7,9,13,19-21,27,30H,6,8,10-12,15H2,1H3,(H,28,31)/t19?,20-,21?/m0/s1. The van der Waals surface area contributed by atoms with Crippen molar-refractivity contribution in [2.45, 2.75) is 37.8 Å². The number of hydrogen-bond donors (Lipinski definition) is 3. The summed E-state index contributed by atoms with van der Waals surface area (Å²) in [5.74, 6) is -0.806. The number of fused-ring (bicyclic) bond motifs is 1. The summed E-state index contributed by atoms with van der Waals surface area (Å²) in [6, 6.07) is 15.0. The van der Waals surface area contributed by atoms with E-state index in [1.165, 1.54) is 4.57 Å². The number of carbonyl (C=O) groups is 1. The van der Waals surface area contributed by atoms with Crippen LogP contribution in [0.25, 0.3) is 22.2 Å². The van der Waals surface area contributed by atoms with Crippen molar-refractivity contribution in [3.63, 3.8) is 0 Å². The number of aromatic nitrogens is 1. The summed E-state index contributed by atoms with van der Waals surface area (Å²) in [6.07, 6.45) is 1.90. The van der Waals surface area contributed by atoms with E-state index in [0.29, 0.717) is 44.4 Å². The topological polar surface area (TPSA) is 120 Å². The molecular weight excluding hydrogens is 420 g/mol. The molecule has 4 rings (SSSR count). The molecule has 1 aliphatic rings. The minimum Gasteiger partial charge on any atom is -0.408 e. The van der Waals surface area contributed by atoms with Crippen LogP contribution in [-0.2, 0) is 18.3 Å². The van der Waals surface area contributed by atoms with Crippen molar-refractivity contribution in [3.05, 3.63) is 58.6 Å². The number of aryl methyl sites for hydroxylation is 1. The molecule has 1 saturated heterocycles. The molecule has 0 bridgehead atoms. The van der Waals surface area contributed by atoms with E-state index in [4.69, 9.17) is 4.42 Å². The van der Waals surface area contributed by atoms with Gasteiger partial charge in [-0.3, -0.25) is 9.36 Å². The summed E-state index contributed by atoms with van der Waals surface area (Å²) in [6.45, 7) is 1.24. The van der Waals surface area contributed by atoms with Gasteiger partial charge in [0.15, 0.2) is 5.58 Å². The van der Waals surface area contributed by atoms with Crippen LogP contribution in [0.2, 0.25) is 0 Å². The molecule has 1 amide bonds. The van der Waals surface area contributed by atoms with Gasteiger partial charge in [-0.25, -0.2) is 4.79 Å². The summed E-state index contributed by atoms with van der Waals surface area (Å²) < 4.78 is 6.66. The number of nitrogens with one attached hydrogen (secondary N) is 2. The number of nitriles is 1. The maximum Gasteiger partial charge on any atom is 0.419 e. The largest absolute Gasteiger partial charge is 0.419 e. The fourth-order valence-electron chi connectivity index (χ4n) is 4.20. The lowest BCUT2D eigenvalue weighted by Gasteiger charge is -2.23. The Morgan fingerprint density at radius 3 is 2.76 bits per heavy atom. The van der Waals surface area contributed by atoms with E-state index < -0.39 is 17.9 Å². The predicted octanol–water partition coefficient (Wildman–Crippen LogP) is 2.10. The second kappa shape index (κ2) is 10.0. The van der Waals surface area contributed by atoms with Gasteiger partial charge in [-0.05, 0) is 54.6 Å². The highest BCUT2D eigenvalue weighted by Crippen LogP contribution is 2.24. The number of aliphatic hydroxyl groups excluding tert-OH is 1. The van der Waals surface area contributed by atoms with E-state index in [2.05, 4.69) is 16.7 Å². The molecule has 1 aromatic heterocycles. The number of rotatable bonds is 5. The average Bonchev–Trinajstić information content (AvgIpc) is 3.09. The van der Waals surface area contributed by atoms with Crippen LogP contribution in [-0.4, -0.2) is 40.8 Å². The molecule has 0 spiro atoms. The first-order valence-corrected chi connectivity index (χ1v) is 11.2. The van der Waals surface area contributed by atoms with Gasteiger partial charge in [0.2, 0.25) is 5.91 Å². The molecule has 3 atom stereocenters. The first-order chi connectivity index (χ1) is 15.9. The van der Waals surface area contributed by atoms with Crippen molar-refractivity contribution in [2.75, 3.05) is 13.1 Å². The van der Waals surface area contributed by atoms with Gasteiger partial charge in [0, 0.05) is 20.0 Å². The van der Waals surface area contributed by atoms with Crippen molar-refractivity contribution >= 4 is 17.0 Å². The monoisotopic (exact) mass is 448 g/mol. The Morgan fingerprint density at radius 2 is 2.00 bits per heavy atom. The molecule has 33 heavy (non-hydrogen) atoms. The maximum atomic E-state index is 12.7. The number of carbonyl (C=O) groups excluding carboxylic acids is 1. The highest BCUT2D eigenvalue weighted by molar-refractivity contribution is 5.81. The van der Waals surface area contributed by atoms with E-state index in [1.54, 1.807) is 13.1 Å². The summed E-state index contributed by atoms with van der Waals surface area (Å²) in [4.78, 5) is 24.4. The first kappa shape index (κ1) is 22.8. The smallest absolute Gasteiger partial charge is 0.408 e. The molecule has 0 radical (unpaired) electrons. The molecule has 8 heteroatoms. The third-order valence-corrected chi connectivity index (χ3v) is 6.26. The summed E-state index contributed by atoms with van der Waals surface area (Å²) >= 11 is 0. The minimum absolute atomic E-state index is 0.154. The highest BCUT2D eigenvalue weighted by atomic mass is 16.4. The summed E-state index contributed by atoms with van der Waals surface area (Å²) in [5, 5.41) is 25.5. The fraction of sp³-hybridized carbons (Fsp3) is 0.400. The van der Waals surface area contributed by atoms with Gasteiger partial charge in [0.1, 0.15) is 6.04 Å². The molecule has 0 aliphatic carbocycles. The summed E-state index contributed by atoms with van der Waals surface area (Å²) in [5.41, 5.74) is 4.14. The van der Waals surface area contributed by atoms with Crippen LogP contribution in [0.4, 0.5) is 0 Å². The zero-order valence-corrected chi connectivity index (χ0v) is 18.6. The van der Waals surface area contributed by atoms with Crippen LogP contribution in [0.15, 0.2) is 51.7 Å². The number of aliphatic hydroxyl groups is 1. The Balaban J connectivity index is 1.41. The van der Waals surface area contributed by atoms with Crippen LogP contribution < -0.4 is 16.4 Å². The Kier molecular flexibility index (Phi) is 6.92. The Labute approximate surface area is 191 Å². The lowest BCUT2D eigenvalue weighted by atomic mass is 9.95. The van der Waals surface area contributed by atoms with Gasteiger partial charge < -0.3 is 20.2 Å². The van der Waals surface area contributed by atoms with E-state index in [0.717, 1.165) is 22.2 Å². The SMILES string of the molecule is Cn1c(=O)oc2ccc(-c3ccc(C[C@@H](C#N)NC(=O)C4CCC(O)CCNC4)cc3)cc21. The zero-order valence-electron chi connectivity index (χ0n) is 18.6. The van der Waals surface area contributed by atoms with Gasteiger partial charge >= 0.3 is 5.76 Å². The molecule has 172 valence electrons. The zero-order chi connectivity index (χ0) is 23.4. The molecule has 0 saturated carbocycles. The molecular formula is C25H28N4O4. The van der Waals surface area contributed by atoms with Crippen LogP contribution >= 0.6 is 0 Å². The van der Waals surface area contributed by atoms with Crippen molar-refractivity contribution < 1.29 is 14.3 Å². The maximum absolute atomic E-state index is 12.7. The van der Waals surface area contributed by atoms with Crippen LogP contribution in [0.1, 0.15) is 24.8 Å². The van der Waals surface area contributed by atoms with Gasteiger partial charge in [-0.1, -0.05) is 30.3 Å². The molecule has 8 nitrogen and oxygen atoms in total. The van der Waals surface area contributed by atoms with Crippen molar-refractivity contribution in [3.8, 4) is 17.2 Å². The van der Waals surface area contributed by atoms with E-state index in [1.807, 2.05) is 36.4 Å². The number of benzene rings is 2. The van der Waals surface area contributed by atoms with E-state index in [9.17, 15) is 20.0 Å². The molecule has 2 aromatic carbocycles. The number of hydrogen-bond acceptors (Lipinski definition) is 6. The second-order valence-corrected chi connectivity index (χ2v) is 8.62. The highest BCUT2D eigenvalue weighted by Gasteiger charge is 2.24. The lowest BCUT2D eigenvalue weighted by molar-refractivity contribution is -0.125. The third-order valence-electron chi connectivity index (χ3n) is 6.26. The molecule has 3 N–H and O–H groups in total. The lowest BCUT2D eigenvalue weighted by Crippen LogP contribution is -2.44. The number of amides is 1. The quantitative estimate of drug-likeness (QED) is 0.550. The molecule has 1 aliphatic heterocycles. The molecule has 2 unspecified atom stereocenters. The molecule has 1 fully saturated rings. The van der Waals surface area contributed by atoms with Gasteiger partial charge in [-0.2, -0.15) is 5.26 Å². The van der Waals surface area contributed by atoms with E-state index >= 15 is 0 Å².